The van der Waals surface area contributed by atoms with E-state index in [2.05, 4.69) is 36.8 Å². The van der Waals surface area contributed by atoms with Gasteiger partial charge in [-0.1, -0.05) is 0 Å². The van der Waals surface area contributed by atoms with Crippen LogP contribution in [0.15, 0.2) is 44.3 Å². The van der Waals surface area contributed by atoms with Crippen LogP contribution in [0.25, 0.3) is 11.1 Å². The second kappa shape index (κ2) is 3.64. The van der Waals surface area contributed by atoms with Crippen molar-refractivity contribution in [3.05, 3.63) is 39.9 Å². The molecule has 0 aliphatic heterocycles. The van der Waals surface area contributed by atoms with Gasteiger partial charge < -0.3 is 4.42 Å². The predicted molar refractivity (Wildman–Crippen MR) is 57.3 cm³/mol. The molecule has 0 aliphatic carbocycles. The van der Waals surface area contributed by atoms with Crippen molar-refractivity contribution in [3.8, 4) is 11.1 Å². The van der Waals surface area contributed by atoms with Crippen LogP contribution in [0.5, 0.6) is 0 Å². The molecule has 66 valence electrons. The lowest BCUT2D eigenvalue weighted by Gasteiger charge is -2.00. The summed E-state index contributed by atoms with van der Waals surface area (Å²) in [6.45, 7) is 0. The number of hydrogen-bond acceptors (Lipinski definition) is 2. The summed E-state index contributed by atoms with van der Waals surface area (Å²) in [7, 11) is 0. The molecule has 0 amide bonds. The predicted octanol–water partition coefficient (Wildman–Crippen LogP) is 3.87. The molecule has 0 saturated carbocycles. The number of hydrogen-bond donors (Lipinski definition) is 0. The van der Waals surface area contributed by atoms with E-state index in [9.17, 15) is 0 Å². The minimum absolute atomic E-state index is 0.812. The van der Waals surface area contributed by atoms with Gasteiger partial charge in [0.15, 0.2) is 0 Å². The van der Waals surface area contributed by atoms with Crippen molar-refractivity contribution in [1.29, 1.82) is 0 Å². The van der Waals surface area contributed by atoms with E-state index in [4.69, 9.17) is 4.42 Å². The monoisotopic (exact) mass is 301 g/mol. The van der Waals surface area contributed by atoms with Crippen LogP contribution < -0.4 is 0 Å². The van der Waals surface area contributed by atoms with Crippen molar-refractivity contribution in [2.75, 3.05) is 0 Å². The van der Waals surface area contributed by atoms with E-state index in [1.54, 1.807) is 18.7 Å². The Morgan fingerprint density at radius 1 is 1.31 bits per heavy atom. The largest absolute Gasteiger partial charge is 0.472 e. The Kier molecular flexibility index (Phi) is 2.51. The first-order chi connectivity index (χ1) is 6.27. The second-order valence-electron chi connectivity index (χ2n) is 2.50. The summed E-state index contributed by atoms with van der Waals surface area (Å²) in [6, 6.07) is 3.80. The van der Waals surface area contributed by atoms with Gasteiger partial charge in [-0.25, -0.2) is 4.98 Å². The highest BCUT2D eigenvalue weighted by atomic mass is 79.9. The van der Waals surface area contributed by atoms with E-state index in [-0.39, 0.29) is 0 Å². The summed E-state index contributed by atoms with van der Waals surface area (Å²) in [5.41, 5.74) is 2.05. The van der Waals surface area contributed by atoms with Crippen molar-refractivity contribution in [2.24, 2.45) is 0 Å². The maximum Gasteiger partial charge on any atom is 0.107 e. The molecule has 2 rings (SSSR count). The first kappa shape index (κ1) is 8.97. The van der Waals surface area contributed by atoms with Gasteiger partial charge in [0.05, 0.1) is 12.5 Å². The van der Waals surface area contributed by atoms with Crippen LogP contribution in [0.3, 0.4) is 0 Å². The SMILES string of the molecule is Brc1cc(Br)c(-c2ccoc2)cn1. The van der Waals surface area contributed by atoms with Crippen LogP contribution in [0, 0.1) is 0 Å². The molecular weight excluding hydrogens is 298 g/mol. The molecule has 0 fully saturated rings. The molecule has 4 heteroatoms. The van der Waals surface area contributed by atoms with Crippen LogP contribution in [0.4, 0.5) is 0 Å². The molecule has 0 bridgehead atoms. The number of pyridine rings is 1. The maximum atomic E-state index is 4.99. The highest BCUT2D eigenvalue weighted by Gasteiger charge is 2.04. The summed E-state index contributed by atoms with van der Waals surface area (Å²) in [6.07, 6.45) is 5.12. The summed E-state index contributed by atoms with van der Waals surface area (Å²) in [4.78, 5) is 4.14. The standard InChI is InChI=1S/C9H5Br2NO/c10-8-3-9(11)12-4-7(8)6-1-2-13-5-6/h1-5H. The van der Waals surface area contributed by atoms with Crippen LogP contribution in [-0.2, 0) is 0 Å². The van der Waals surface area contributed by atoms with Gasteiger partial charge in [-0.05, 0) is 44.0 Å². The fourth-order valence-corrected chi connectivity index (χ4v) is 2.22. The minimum Gasteiger partial charge on any atom is -0.472 e. The highest BCUT2D eigenvalue weighted by molar-refractivity contribution is 9.11. The van der Waals surface area contributed by atoms with Gasteiger partial charge in [0, 0.05) is 21.8 Å². The van der Waals surface area contributed by atoms with Crippen LogP contribution >= 0.6 is 31.9 Å². The molecule has 0 spiro atoms. The normalized spacial score (nSPS) is 10.3. The van der Waals surface area contributed by atoms with Gasteiger partial charge in [-0.2, -0.15) is 0 Å². The second-order valence-corrected chi connectivity index (χ2v) is 4.17. The van der Waals surface area contributed by atoms with Crippen molar-refractivity contribution in [3.63, 3.8) is 0 Å². The zero-order valence-electron chi connectivity index (χ0n) is 6.50. The van der Waals surface area contributed by atoms with Gasteiger partial charge in [0.1, 0.15) is 4.60 Å². The zero-order valence-corrected chi connectivity index (χ0v) is 9.67. The van der Waals surface area contributed by atoms with Crippen molar-refractivity contribution in [1.82, 2.24) is 4.98 Å². The van der Waals surface area contributed by atoms with E-state index in [1.165, 1.54) is 0 Å². The molecular formula is C9H5Br2NO. The lowest BCUT2D eigenvalue weighted by atomic mass is 10.2. The molecule has 13 heavy (non-hydrogen) atoms. The minimum atomic E-state index is 0.812. The van der Waals surface area contributed by atoms with Gasteiger partial charge in [0.25, 0.3) is 0 Å². The molecule has 0 N–H and O–H groups in total. The number of aromatic nitrogens is 1. The van der Waals surface area contributed by atoms with Crippen molar-refractivity contribution < 1.29 is 4.42 Å². The average molecular weight is 303 g/mol. The Hall–Kier alpha value is -0.610. The van der Waals surface area contributed by atoms with Gasteiger partial charge in [-0.15, -0.1) is 0 Å². The topological polar surface area (TPSA) is 26.0 Å². The summed E-state index contributed by atoms with van der Waals surface area (Å²) >= 11 is 6.75. The summed E-state index contributed by atoms with van der Waals surface area (Å²) in [5, 5.41) is 0. The maximum absolute atomic E-state index is 4.99. The third-order valence-electron chi connectivity index (χ3n) is 1.65. The molecule has 2 aromatic heterocycles. The lowest BCUT2D eigenvalue weighted by molar-refractivity contribution is 0.568. The van der Waals surface area contributed by atoms with Crippen LogP contribution in [0.1, 0.15) is 0 Å². The number of nitrogens with zero attached hydrogens (tertiary/aromatic N) is 1. The molecule has 0 aromatic carbocycles. The first-order valence-electron chi connectivity index (χ1n) is 3.61. The average Bonchev–Trinajstić information content (AvgIpc) is 2.56. The van der Waals surface area contributed by atoms with Gasteiger partial charge in [-0.3, -0.25) is 0 Å². The van der Waals surface area contributed by atoms with Crippen LogP contribution in [0.2, 0.25) is 0 Å². The van der Waals surface area contributed by atoms with Crippen molar-refractivity contribution in [2.45, 2.75) is 0 Å². The molecule has 0 radical (unpaired) electrons. The van der Waals surface area contributed by atoms with E-state index < -0.39 is 0 Å². The molecule has 0 saturated heterocycles. The molecule has 2 aromatic rings. The van der Waals surface area contributed by atoms with Gasteiger partial charge >= 0.3 is 0 Å². The molecule has 0 unspecified atom stereocenters. The van der Waals surface area contributed by atoms with Crippen molar-refractivity contribution >= 4 is 31.9 Å². The summed E-state index contributed by atoms with van der Waals surface area (Å²) < 4.78 is 6.80. The third-order valence-corrected chi connectivity index (χ3v) is 2.74. The number of halogens is 2. The van der Waals surface area contributed by atoms with E-state index in [1.807, 2.05) is 12.1 Å². The summed E-state index contributed by atoms with van der Waals surface area (Å²) in [5.74, 6) is 0. The zero-order chi connectivity index (χ0) is 9.26. The Bertz CT molecular complexity index is 412. The van der Waals surface area contributed by atoms with Crippen LogP contribution in [-0.4, -0.2) is 4.98 Å². The smallest absolute Gasteiger partial charge is 0.107 e. The van der Waals surface area contributed by atoms with E-state index in [0.717, 1.165) is 20.2 Å². The molecule has 2 nitrogen and oxygen atoms in total. The quantitative estimate of drug-likeness (QED) is 0.748. The Morgan fingerprint density at radius 2 is 2.15 bits per heavy atom. The Morgan fingerprint density at radius 3 is 2.77 bits per heavy atom. The third kappa shape index (κ3) is 1.84. The lowest BCUT2D eigenvalue weighted by Crippen LogP contribution is -1.80. The Labute approximate surface area is 92.2 Å². The number of furan rings is 1. The molecule has 2 heterocycles. The molecule has 0 atom stereocenters. The molecule has 0 aliphatic rings. The van der Waals surface area contributed by atoms with E-state index in [0.29, 0.717) is 0 Å². The first-order valence-corrected chi connectivity index (χ1v) is 5.19. The fraction of sp³-hybridized carbons (Fsp3) is 0. The Balaban J connectivity index is 2.53. The van der Waals surface area contributed by atoms with Gasteiger partial charge in [0.2, 0.25) is 0 Å². The number of rotatable bonds is 1. The van der Waals surface area contributed by atoms with E-state index >= 15 is 0 Å². The fourth-order valence-electron chi connectivity index (χ4n) is 1.04. The highest BCUT2D eigenvalue weighted by Crippen LogP contribution is 2.29.